The lowest BCUT2D eigenvalue weighted by molar-refractivity contribution is 0.0195. The molecule has 0 radical (unpaired) electrons. The lowest BCUT2D eigenvalue weighted by atomic mass is 9.96. The lowest BCUT2D eigenvalue weighted by Crippen LogP contribution is -2.22. The largest absolute Gasteiger partial charge is 0.478 e. The van der Waals surface area contributed by atoms with Crippen molar-refractivity contribution in [1.82, 2.24) is 0 Å². The number of hydrogen-bond donors (Lipinski definition) is 2. The first-order valence-electron chi connectivity index (χ1n) is 4.67. The average molecular weight is 196 g/mol. The molecule has 0 spiro atoms. The summed E-state index contributed by atoms with van der Waals surface area (Å²) in [6, 6.07) is 1.38. The van der Waals surface area contributed by atoms with Gasteiger partial charge < -0.3 is 14.6 Å². The summed E-state index contributed by atoms with van der Waals surface area (Å²) in [5.74, 6) is -0.837. The minimum Gasteiger partial charge on any atom is -0.478 e. The fourth-order valence-electron chi connectivity index (χ4n) is 2.02. The van der Waals surface area contributed by atoms with Gasteiger partial charge in [0.2, 0.25) is 0 Å². The first-order chi connectivity index (χ1) is 6.63. The summed E-state index contributed by atoms with van der Waals surface area (Å²) in [6.07, 6.45) is 4.31. The molecule has 1 saturated carbocycles. The second kappa shape index (κ2) is 3.13. The lowest BCUT2D eigenvalue weighted by Gasteiger charge is -2.19. The summed E-state index contributed by atoms with van der Waals surface area (Å²) in [5, 5.41) is 19.0. The number of aliphatic hydroxyl groups is 1. The van der Waals surface area contributed by atoms with Crippen molar-refractivity contribution in [2.45, 2.75) is 31.3 Å². The number of carboxylic acid groups (broad SMARTS) is 1. The van der Waals surface area contributed by atoms with Crippen LogP contribution in [0.3, 0.4) is 0 Å². The number of carboxylic acids is 1. The maximum atomic E-state index is 10.8. The molecule has 0 amide bonds. The number of aromatic carboxylic acids is 1. The Morgan fingerprint density at radius 3 is 2.64 bits per heavy atom. The van der Waals surface area contributed by atoms with E-state index in [1.807, 2.05) is 0 Å². The number of rotatable bonds is 2. The fourth-order valence-corrected chi connectivity index (χ4v) is 2.02. The molecule has 1 aliphatic carbocycles. The quantitative estimate of drug-likeness (QED) is 0.755. The monoisotopic (exact) mass is 196 g/mol. The Labute approximate surface area is 81.2 Å². The van der Waals surface area contributed by atoms with Crippen molar-refractivity contribution in [2.24, 2.45) is 0 Å². The average Bonchev–Trinajstić information content (AvgIpc) is 2.71. The Bertz CT molecular complexity index is 347. The molecule has 0 aromatic carbocycles. The maximum Gasteiger partial charge on any atom is 0.339 e. The summed E-state index contributed by atoms with van der Waals surface area (Å²) in [4.78, 5) is 10.8. The molecule has 0 unspecified atom stereocenters. The van der Waals surface area contributed by atoms with Gasteiger partial charge in [-0.1, -0.05) is 0 Å². The first-order valence-corrected chi connectivity index (χ1v) is 4.67. The molecule has 1 fully saturated rings. The molecule has 0 bridgehead atoms. The van der Waals surface area contributed by atoms with Gasteiger partial charge in [-0.05, 0) is 31.7 Å². The van der Waals surface area contributed by atoms with Gasteiger partial charge in [0.1, 0.15) is 16.9 Å². The normalized spacial score (nSPS) is 19.8. The van der Waals surface area contributed by atoms with E-state index in [9.17, 15) is 9.90 Å². The van der Waals surface area contributed by atoms with Crippen LogP contribution in [-0.2, 0) is 5.60 Å². The minimum atomic E-state index is -1.06. The van der Waals surface area contributed by atoms with Gasteiger partial charge in [0.25, 0.3) is 0 Å². The molecule has 4 heteroatoms. The smallest absolute Gasteiger partial charge is 0.339 e. The zero-order chi connectivity index (χ0) is 10.2. The molecular formula is C10H12O4. The highest BCUT2D eigenvalue weighted by molar-refractivity contribution is 5.89. The molecule has 0 aliphatic heterocycles. The second-order valence-corrected chi connectivity index (χ2v) is 3.71. The van der Waals surface area contributed by atoms with Crippen LogP contribution in [0.25, 0.3) is 0 Å². The molecule has 1 heterocycles. The van der Waals surface area contributed by atoms with Crippen molar-refractivity contribution in [1.29, 1.82) is 0 Å². The van der Waals surface area contributed by atoms with E-state index >= 15 is 0 Å². The third-order valence-electron chi connectivity index (χ3n) is 2.75. The zero-order valence-electron chi connectivity index (χ0n) is 7.69. The Morgan fingerprint density at radius 1 is 1.43 bits per heavy atom. The molecule has 76 valence electrons. The Morgan fingerprint density at radius 2 is 2.07 bits per heavy atom. The van der Waals surface area contributed by atoms with E-state index < -0.39 is 11.6 Å². The van der Waals surface area contributed by atoms with Gasteiger partial charge >= 0.3 is 5.97 Å². The summed E-state index contributed by atoms with van der Waals surface area (Å²) in [6.45, 7) is 0. The second-order valence-electron chi connectivity index (χ2n) is 3.71. The predicted molar refractivity (Wildman–Crippen MR) is 48.0 cm³/mol. The number of hydrogen-bond acceptors (Lipinski definition) is 3. The van der Waals surface area contributed by atoms with Crippen molar-refractivity contribution >= 4 is 5.97 Å². The van der Waals surface area contributed by atoms with Crippen LogP contribution in [0.15, 0.2) is 16.7 Å². The van der Waals surface area contributed by atoms with Crippen LogP contribution in [0, 0.1) is 0 Å². The van der Waals surface area contributed by atoms with E-state index in [0.717, 1.165) is 12.8 Å². The Hall–Kier alpha value is -1.29. The van der Waals surface area contributed by atoms with Gasteiger partial charge in [-0.2, -0.15) is 0 Å². The molecule has 14 heavy (non-hydrogen) atoms. The standard InChI is InChI=1S/C10H12O4/c11-9(12)7-3-6-14-8(7)10(13)4-1-2-5-10/h3,6,13H,1-2,4-5H2,(H,11,12). The van der Waals surface area contributed by atoms with Crippen molar-refractivity contribution in [3.8, 4) is 0 Å². The van der Waals surface area contributed by atoms with Crippen LogP contribution in [-0.4, -0.2) is 16.2 Å². The van der Waals surface area contributed by atoms with Crippen molar-refractivity contribution in [3.63, 3.8) is 0 Å². The topological polar surface area (TPSA) is 70.7 Å². The molecule has 1 aliphatic rings. The first kappa shape index (κ1) is 9.27. The molecule has 0 saturated heterocycles. The van der Waals surface area contributed by atoms with E-state index in [1.165, 1.54) is 12.3 Å². The third kappa shape index (κ3) is 1.32. The molecule has 0 atom stereocenters. The van der Waals surface area contributed by atoms with Crippen molar-refractivity contribution in [3.05, 3.63) is 23.7 Å². The molecule has 1 aromatic rings. The van der Waals surface area contributed by atoms with Crippen LogP contribution in [0.5, 0.6) is 0 Å². The Balaban J connectivity index is 2.40. The highest BCUT2D eigenvalue weighted by atomic mass is 16.4. The number of furan rings is 1. The van der Waals surface area contributed by atoms with Crippen molar-refractivity contribution in [2.75, 3.05) is 0 Å². The summed E-state index contributed by atoms with van der Waals surface area (Å²) in [5.41, 5.74) is -0.980. The number of carbonyl (C=O) groups is 1. The maximum absolute atomic E-state index is 10.8. The van der Waals surface area contributed by atoms with Crippen LogP contribution in [0.2, 0.25) is 0 Å². The SMILES string of the molecule is O=C(O)c1ccoc1C1(O)CCCC1. The van der Waals surface area contributed by atoms with Gasteiger partial charge in [0.05, 0.1) is 6.26 Å². The van der Waals surface area contributed by atoms with E-state index in [4.69, 9.17) is 9.52 Å². The molecule has 4 nitrogen and oxygen atoms in total. The van der Waals surface area contributed by atoms with E-state index in [1.54, 1.807) is 0 Å². The molecule has 2 rings (SSSR count). The van der Waals surface area contributed by atoms with E-state index in [0.29, 0.717) is 12.8 Å². The van der Waals surface area contributed by atoms with Crippen molar-refractivity contribution < 1.29 is 19.4 Å². The highest BCUT2D eigenvalue weighted by Crippen LogP contribution is 2.40. The fraction of sp³-hybridized carbons (Fsp3) is 0.500. The van der Waals surface area contributed by atoms with Crippen LogP contribution >= 0.6 is 0 Å². The van der Waals surface area contributed by atoms with Crippen LogP contribution in [0.4, 0.5) is 0 Å². The third-order valence-corrected chi connectivity index (χ3v) is 2.75. The highest BCUT2D eigenvalue weighted by Gasteiger charge is 2.39. The zero-order valence-corrected chi connectivity index (χ0v) is 7.69. The van der Waals surface area contributed by atoms with Gasteiger partial charge in [-0.15, -0.1) is 0 Å². The molecule has 1 aromatic heterocycles. The van der Waals surface area contributed by atoms with Gasteiger partial charge in [0.15, 0.2) is 0 Å². The summed E-state index contributed by atoms with van der Waals surface area (Å²) >= 11 is 0. The molecule has 2 N–H and O–H groups in total. The Kier molecular flexibility index (Phi) is 2.07. The molecular weight excluding hydrogens is 184 g/mol. The van der Waals surface area contributed by atoms with Gasteiger partial charge in [-0.3, -0.25) is 0 Å². The summed E-state index contributed by atoms with van der Waals surface area (Å²) < 4.78 is 5.08. The summed E-state index contributed by atoms with van der Waals surface area (Å²) in [7, 11) is 0. The van der Waals surface area contributed by atoms with Crippen LogP contribution < -0.4 is 0 Å². The van der Waals surface area contributed by atoms with E-state index in [2.05, 4.69) is 0 Å². The van der Waals surface area contributed by atoms with E-state index in [-0.39, 0.29) is 11.3 Å². The minimum absolute atomic E-state index is 0.0781. The van der Waals surface area contributed by atoms with Gasteiger partial charge in [-0.25, -0.2) is 4.79 Å². The van der Waals surface area contributed by atoms with Crippen LogP contribution in [0.1, 0.15) is 41.8 Å². The predicted octanol–water partition coefficient (Wildman–Crippen LogP) is 1.74. The van der Waals surface area contributed by atoms with Gasteiger partial charge in [0, 0.05) is 0 Å².